The van der Waals surface area contributed by atoms with Gasteiger partial charge in [0.05, 0.1) is 6.54 Å². The van der Waals surface area contributed by atoms with Gasteiger partial charge in [0.25, 0.3) is 0 Å². The zero-order valence-electron chi connectivity index (χ0n) is 11.1. The summed E-state index contributed by atoms with van der Waals surface area (Å²) in [7, 11) is 0. The maximum atomic E-state index is 12.7. The fraction of sp³-hybridized carbons (Fsp3) is 0.500. The summed E-state index contributed by atoms with van der Waals surface area (Å²) in [5.41, 5.74) is 0.645. The number of nitrogens with one attached hydrogen (secondary N) is 1. The van der Waals surface area contributed by atoms with Crippen LogP contribution in [0.5, 0.6) is 0 Å². The highest BCUT2D eigenvalue weighted by Crippen LogP contribution is 2.15. The topological polar surface area (TPSA) is 32.3 Å². The SMILES string of the molecule is CC1CCN(CC(=O)Nc2ccc(F)cc2)CC1.Cl. The first kappa shape index (κ1) is 15.9. The van der Waals surface area contributed by atoms with Crippen molar-refractivity contribution in [2.75, 3.05) is 25.0 Å². The van der Waals surface area contributed by atoms with E-state index in [1.54, 1.807) is 12.1 Å². The Bertz CT molecular complexity index is 402. The summed E-state index contributed by atoms with van der Waals surface area (Å²) < 4.78 is 12.7. The number of nitrogens with zero attached hydrogens (tertiary/aromatic N) is 1. The number of amides is 1. The second kappa shape index (κ2) is 7.46. The van der Waals surface area contributed by atoms with Crippen LogP contribution in [-0.2, 0) is 4.79 Å². The first-order chi connectivity index (χ1) is 8.63. The molecule has 2 rings (SSSR count). The molecule has 5 heteroatoms. The van der Waals surface area contributed by atoms with Gasteiger partial charge in [-0.05, 0) is 56.1 Å². The average Bonchev–Trinajstić information content (AvgIpc) is 2.35. The molecule has 0 radical (unpaired) electrons. The van der Waals surface area contributed by atoms with E-state index < -0.39 is 0 Å². The molecule has 1 aromatic rings. The number of carbonyl (C=O) groups excluding carboxylic acids is 1. The van der Waals surface area contributed by atoms with Crippen LogP contribution in [0.25, 0.3) is 0 Å². The lowest BCUT2D eigenvalue weighted by Crippen LogP contribution is -2.38. The van der Waals surface area contributed by atoms with E-state index in [1.165, 1.54) is 12.1 Å². The summed E-state index contributed by atoms with van der Waals surface area (Å²) in [5.74, 6) is 0.440. The number of carbonyl (C=O) groups is 1. The molecule has 1 fully saturated rings. The molecule has 0 atom stereocenters. The van der Waals surface area contributed by atoms with Gasteiger partial charge in [0.2, 0.25) is 5.91 Å². The number of halogens is 2. The lowest BCUT2D eigenvalue weighted by Gasteiger charge is -2.29. The molecule has 3 nitrogen and oxygen atoms in total. The Hall–Kier alpha value is -1.13. The van der Waals surface area contributed by atoms with Crippen molar-refractivity contribution >= 4 is 24.0 Å². The van der Waals surface area contributed by atoms with Crippen molar-refractivity contribution in [1.29, 1.82) is 0 Å². The number of likely N-dealkylation sites (tertiary alicyclic amines) is 1. The predicted molar refractivity (Wildman–Crippen MR) is 77.1 cm³/mol. The second-order valence-electron chi connectivity index (χ2n) is 5.01. The van der Waals surface area contributed by atoms with Crippen LogP contribution in [0.15, 0.2) is 24.3 Å². The van der Waals surface area contributed by atoms with Crippen LogP contribution >= 0.6 is 12.4 Å². The Morgan fingerprint density at radius 2 is 1.89 bits per heavy atom. The van der Waals surface area contributed by atoms with Gasteiger partial charge in [-0.3, -0.25) is 9.69 Å². The third-order valence-corrected chi connectivity index (χ3v) is 3.37. The Kier molecular flexibility index (Phi) is 6.25. The standard InChI is InChI=1S/C14H19FN2O.ClH/c1-11-6-8-17(9-7-11)10-14(18)16-13-4-2-12(15)3-5-13;/h2-5,11H,6-10H2,1H3,(H,16,18);1H. The van der Waals surface area contributed by atoms with Crippen LogP contribution in [-0.4, -0.2) is 30.4 Å². The summed E-state index contributed by atoms with van der Waals surface area (Å²) in [6.07, 6.45) is 2.31. The minimum atomic E-state index is -0.294. The van der Waals surface area contributed by atoms with Gasteiger partial charge in [0.15, 0.2) is 0 Å². The van der Waals surface area contributed by atoms with Crippen molar-refractivity contribution in [2.24, 2.45) is 5.92 Å². The number of rotatable bonds is 3. The van der Waals surface area contributed by atoms with Crippen LogP contribution in [0.3, 0.4) is 0 Å². The van der Waals surface area contributed by atoms with Gasteiger partial charge in [0.1, 0.15) is 5.82 Å². The molecule has 0 unspecified atom stereocenters. The van der Waals surface area contributed by atoms with Gasteiger partial charge in [-0.1, -0.05) is 6.92 Å². The predicted octanol–water partition coefficient (Wildman–Crippen LogP) is 2.92. The maximum Gasteiger partial charge on any atom is 0.238 e. The monoisotopic (exact) mass is 286 g/mol. The summed E-state index contributed by atoms with van der Waals surface area (Å²) in [5, 5.41) is 2.78. The minimum Gasteiger partial charge on any atom is -0.325 e. The first-order valence-corrected chi connectivity index (χ1v) is 6.41. The molecule has 1 saturated heterocycles. The highest BCUT2D eigenvalue weighted by atomic mass is 35.5. The Morgan fingerprint density at radius 3 is 2.47 bits per heavy atom. The summed E-state index contributed by atoms with van der Waals surface area (Å²) in [4.78, 5) is 14.0. The number of benzene rings is 1. The zero-order valence-corrected chi connectivity index (χ0v) is 11.9. The molecule has 0 bridgehead atoms. The van der Waals surface area contributed by atoms with Gasteiger partial charge in [-0.2, -0.15) is 0 Å². The molecule has 1 aliphatic heterocycles. The Morgan fingerprint density at radius 1 is 1.32 bits per heavy atom. The van der Waals surface area contributed by atoms with Gasteiger partial charge < -0.3 is 5.32 Å². The quantitative estimate of drug-likeness (QED) is 0.927. The van der Waals surface area contributed by atoms with E-state index in [-0.39, 0.29) is 24.1 Å². The Labute approximate surface area is 119 Å². The average molecular weight is 287 g/mol. The highest BCUT2D eigenvalue weighted by Gasteiger charge is 2.17. The van der Waals surface area contributed by atoms with Crippen molar-refractivity contribution in [1.82, 2.24) is 4.90 Å². The molecule has 1 aliphatic rings. The minimum absolute atomic E-state index is 0. The third-order valence-electron chi connectivity index (χ3n) is 3.37. The molecular formula is C14H20ClFN2O. The van der Waals surface area contributed by atoms with Crippen molar-refractivity contribution < 1.29 is 9.18 Å². The lowest BCUT2D eigenvalue weighted by molar-refractivity contribution is -0.117. The fourth-order valence-electron chi connectivity index (χ4n) is 2.16. The van der Waals surface area contributed by atoms with E-state index in [2.05, 4.69) is 17.1 Å². The molecular weight excluding hydrogens is 267 g/mol. The van der Waals surface area contributed by atoms with E-state index in [0.29, 0.717) is 12.2 Å². The normalized spacial score (nSPS) is 16.7. The van der Waals surface area contributed by atoms with Crippen LogP contribution in [0.4, 0.5) is 10.1 Å². The van der Waals surface area contributed by atoms with Crippen molar-refractivity contribution in [3.63, 3.8) is 0 Å². The van der Waals surface area contributed by atoms with Gasteiger partial charge in [-0.15, -0.1) is 12.4 Å². The van der Waals surface area contributed by atoms with Crippen molar-refractivity contribution in [2.45, 2.75) is 19.8 Å². The largest absolute Gasteiger partial charge is 0.325 e. The number of hydrogen-bond donors (Lipinski definition) is 1. The molecule has 1 aromatic carbocycles. The molecule has 1 amide bonds. The first-order valence-electron chi connectivity index (χ1n) is 6.41. The maximum absolute atomic E-state index is 12.7. The van der Waals surface area contributed by atoms with Crippen LogP contribution in [0, 0.1) is 11.7 Å². The Balaban J connectivity index is 0.00000180. The highest BCUT2D eigenvalue weighted by molar-refractivity contribution is 5.92. The molecule has 0 spiro atoms. The van der Waals surface area contributed by atoms with E-state index in [1.807, 2.05) is 0 Å². The number of hydrogen-bond acceptors (Lipinski definition) is 2. The molecule has 1 N–H and O–H groups in total. The fourth-order valence-corrected chi connectivity index (χ4v) is 2.16. The van der Waals surface area contributed by atoms with Crippen molar-refractivity contribution in [3.05, 3.63) is 30.1 Å². The molecule has 1 heterocycles. The van der Waals surface area contributed by atoms with Gasteiger partial charge in [-0.25, -0.2) is 4.39 Å². The summed E-state index contributed by atoms with van der Waals surface area (Å²) >= 11 is 0. The van der Waals surface area contributed by atoms with E-state index in [9.17, 15) is 9.18 Å². The summed E-state index contributed by atoms with van der Waals surface area (Å²) in [6.45, 7) is 4.63. The summed E-state index contributed by atoms with van der Waals surface area (Å²) in [6, 6.07) is 5.84. The van der Waals surface area contributed by atoms with E-state index >= 15 is 0 Å². The van der Waals surface area contributed by atoms with Crippen LogP contribution in [0.1, 0.15) is 19.8 Å². The second-order valence-corrected chi connectivity index (χ2v) is 5.01. The van der Waals surface area contributed by atoms with Crippen LogP contribution in [0.2, 0.25) is 0 Å². The van der Waals surface area contributed by atoms with Gasteiger partial charge in [0, 0.05) is 5.69 Å². The molecule has 19 heavy (non-hydrogen) atoms. The molecule has 0 saturated carbocycles. The third kappa shape index (κ3) is 5.17. The number of piperidine rings is 1. The van der Waals surface area contributed by atoms with E-state index in [0.717, 1.165) is 31.8 Å². The van der Waals surface area contributed by atoms with Crippen molar-refractivity contribution in [3.8, 4) is 0 Å². The smallest absolute Gasteiger partial charge is 0.238 e. The molecule has 0 aliphatic carbocycles. The van der Waals surface area contributed by atoms with Gasteiger partial charge >= 0.3 is 0 Å². The zero-order chi connectivity index (χ0) is 13.0. The lowest BCUT2D eigenvalue weighted by atomic mass is 9.99. The van der Waals surface area contributed by atoms with Crippen LogP contribution < -0.4 is 5.32 Å². The number of anilines is 1. The molecule has 106 valence electrons. The molecule has 0 aromatic heterocycles. The van der Waals surface area contributed by atoms with E-state index in [4.69, 9.17) is 0 Å².